The molecule has 1 aromatic rings. The van der Waals surface area contributed by atoms with Crippen molar-refractivity contribution in [1.82, 2.24) is 4.90 Å². The number of likely N-dealkylation sites (tertiary alicyclic amines) is 1. The summed E-state index contributed by atoms with van der Waals surface area (Å²) in [7, 11) is 0. The molecule has 2 rings (SSSR count). The van der Waals surface area contributed by atoms with Crippen molar-refractivity contribution < 1.29 is 9.47 Å². The van der Waals surface area contributed by atoms with Gasteiger partial charge < -0.3 is 9.47 Å². The molecule has 0 amide bonds. The summed E-state index contributed by atoms with van der Waals surface area (Å²) in [5, 5.41) is 0. The first-order valence-electron chi connectivity index (χ1n) is 9.04. The van der Waals surface area contributed by atoms with E-state index >= 15 is 0 Å². The number of benzene rings is 1. The lowest BCUT2D eigenvalue weighted by atomic mass is 9.97. The molecular formula is C21H31NO2. The Morgan fingerprint density at radius 2 is 1.79 bits per heavy atom. The molecule has 0 bridgehead atoms. The number of terminal acetylenes is 1. The van der Waals surface area contributed by atoms with Crippen LogP contribution in [0.3, 0.4) is 0 Å². The summed E-state index contributed by atoms with van der Waals surface area (Å²) in [5.41, 5.74) is 0.327. The highest BCUT2D eigenvalue weighted by Crippen LogP contribution is 2.25. The second kappa shape index (κ2) is 9.22. The van der Waals surface area contributed by atoms with Crippen molar-refractivity contribution in [1.29, 1.82) is 0 Å². The topological polar surface area (TPSA) is 21.7 Å². The number of nitrogens with zero attached hydrogens (tertiary/aromatic N) is 1. The van der Waals surface area contributed by atoms with E-state index in [1.807, 2.05) is 37.3 Å². The van der Waals surface area contributed by atoms with Gasteiger partial charge in [0.15, 0.2) is 5.60 Å². The molecule has 0 aromatic heterocycles. The van der Waals surface area contributed by atoms with Crippen LogP contribution in [0.1, 0.15) is 39.2 Å². The van der Waals surface area contributed by atoms with E-state index < -0.39 is 5.60 Å². The van der Waals surface area contributed by atoms with Crippen LogP contribution in [0.25, 0.3) is 0 Å². The number of hydrogen-bond acceptors (Lipinski definition) is 3. The second-order valence-electron chi connectivity index (χ2n) is 7.18. The SMILES string of the molecule is C#C[C@@](C)(OC[C@@H](COCC(C)C)N1CCCC1)c1ccccc1. The summed E-state index contributed by atoms with van der Waals surface area (Å²) in [4.78, 5) is 2.47. The minimum Gasteiger partial charge on any atom is -0.379 e. The van der Waals surface area contributed by atoms with Crippen molar-refractivity contribution >= 4 is 0 Å². The smallest absolute Gasteiger partial charge is 0.151 e. The largest absolute Gasteiger partial charge is 0.379 e. The standard InChI is InChI=1S/C21H31NO2/c1-5-21(4,19-11-7-6-8-12-19)24-17-20(16-23-15-18(2)3)22-13-9-10-14-22/h1,6-8,11-12,18,20H,9-10,13-17H2,2-4H3/t20-,21-/m1/s1. The Morgan fingerprint density at radius 1 is 1.12 bits per heavy atom. The molecule has 1 heterocycles. The van der Waals surface area contributed by atoms with Crippen LogP contribution in [-0.4, -0.2) is 43.9 Å². The van der Waals surface area contributed by atoms with Gasteiger partial charge in [0.2, 0.25) is 0 Å². The molecule has 0 aliphatic carbocycles. The highest BCUT2D eigenvalue weighted by Gasteiger charge is 2.29. The fourth-order valence-corrected chi connectivity index (χ4v) is 3.03. The zero-order chi connectivity index (χ0) is 17.4. The molecule has 1 fully saturated rings. The summed E-state index contributed by atoms with van der Waals surface area (Å²) in [6, 6.07) is 10.3. The maximum Gasteiger partial charge on any atom is 0.151 e. The van der Waals surface area contributed by atoms with E-state index in [1.165, 1.54) is 12.8 Å². The Balaban J connectivity index is 1.98. The highest BCUT2D eigenvalue weighted by molar-refractivity contribution is 5.29. The molecule has 3 nitrogen and oxygen atoms in total. The molecule has 0 spiro atoms. The van der Waals surface area contributed by atoms with E-state index in [4.69, 9.17) is 15.9 Å². The zero-order valence-corrected chi connectivity index (χ0v) is 15.3. The molecule has 0 saturated carbocycles. The molecule has 0 unspecified atom stereocenters. The zero-order valence-electron chi connectivity index (χ0n) is 15.3. The first-order valence-corrected chi connectivity index (χ1v) is 9.04. The van der Waals surface area contributed by atoms with Crippen LogP contribution < -0.4 is 0 Å². The lowest BCUT2D eigenvalue weighted by molar-refractivity contribution is -0.0459. The predicted molar refractivity (Wildman–Crippen MR) is 98.8 cm³/mol. The third-order valence-electron chi connectivity index (χ3n) is 4.58. The van der Waals surface area contributed by atoms with Gasteiger partial charge in [0, 0.05) is 6.61 Å². The van der Waals surface area contributed by atoms with E-state index in [2.05, 4.69) is 24.7 Å². The normalized spacial score (nSPS) is 19.1. The minimum absolute atomic E-state index is 0.266. The van der Waals surface area contributed by atoms with Crippen molar-refractivity contribution in [3.63, 3.8) is 0 Å². The second-order valence-corrected chi connectivity index (χ2v) is 7.18. The van der Waals surface area contributed by atoms with Crippen LogP contribution in [0, 0.1) is 18.3 Å². The molecule has 0 N–H and O–H groups in total. The van der Waals surface area contributed by atoms with Crippen molar-refractivity contribution in [3.05, 3.63) is 35.9 Å². The molecule has 1 saturated heterocycles. The first-order chi connectivity index (χ1) is 11.5. The van der Waals surface area contributed by atoms with Crippen molar-refractivity contribution in [3.8, 4) is 12.3 Å². The summed E-state index contributed by atoms with van der Waals surface area (Å²) in [6.45, 7) is 10.6. The monoisotopic (exact) mass is 329 g/mol. The van der Waals surface area contributed by atoms with E-state index in [1.54, 1.807) is 0 Å². The van der Waals surface area contributed by atoms with Gasteiger partial charge in [-0.25, -0.2) is 0 Å². The number of hydrogen-bond donors (Lipinski definition) is 0. The van der Waals surface area contributed by atoms with Gasteiger partial charge in [-0.3, -0.25) is 4.90 Å². The van der Waals surface area contributed by atoms with Crippen LogP contribution in [0.4, 0.5) is 0 Å². The van der Waals surface area contributed by atoms with Crippen LogP contribution in [0.5, 0.6) is 0 Å². The lowest BCUT2D eigenvalue weighted by Gasteiger charge is -2.32. The predicted octanol–water partition coefficient (Wildman–Crippen LogP) is 3.69. The Kier molecular flexibility index (Phi) is 7.30. The van der Waals surface area contributed by atoms with Crippen LogP contribution >= 0.6 is 0 Å². The maximum absolute atomic E-state index is 6.24. The van der Waals surface area contributed by atoms with Gasteiger partial charge in [0.1, 0.15) is 0 Å². The fourth-order valence-electron chi connectivity index (χ4n) is 3.03. The molecule has 1 aliphatic rings. The van der Waals surface area contributed by atoms with Gasteiger partial charge in [0.25, 0.3) is 0 Å². The number of ether oxygens (including phenoxy) is 2. The molecule has 3 heteroatoms. The van der Waals surface area contributed by atoms with E-state index in [9.17, 15) is 0 Å². The summed E-state index contributed by atoms with van der Waals surface area (Å²) in [6.07, 6.45) is 8.31. The summed E-state index contributed by atoms with van der Waals surface area (Å²) < 4.78 is 12.1. The average molecular weight is 329 g/mol. The van der Waals surface area contributed by atoms with Gasteiger partial charge in [0.05, 0.1) is 19.3 Å². The molecule has 132 valence electrons. The third-order valence-corrected chi connectivity index (χ3v) is 4.58. The Hall–Kier alpha value is -1.34. The van der Waals surface area contributed by atoms with Gasteiger partial charge in [-0.1, -0.05) is 50.1 Å². The van der Waals surface area contributed by atoms with Crippen molar-refractivity contribution in [2.24, 2.45) is 5.92 Å². The minimum atomic E-state index is -0.697. The van der Waals surface area contributed by atoms with E-state index in [0.717, 1.165) is 25.3 Å². The summed E-state index contributed by atoms with van der Waals surface area (Å²) >= 11 is 0. The fraction of sp³-hybridized carbons (Fsp3) is 0.619. The van der Waals surface area contributed by atoms with Gasteiger partial charge in [-0.2, -0.15) is 0 Å². The molecular weight excluding hydrogens is 298 g/mol. The molecule has 1 aliphatic heterocycles. The maximum atomic E-state index is 6.24. The first kappa shape index (κ1) is 19.0. The molecule has 24 heavy (non-hydrogen) atoms. The quantitative estimate of drug-likeness (QED) is 0.645. The molecule has 0 radical (unpaired) electrons. The van der Waals surface area contributed by atoms with E-state index in [-0.39, 0.29) is 6.04 Å². The Labute approximate surface area is 147 Å². The Morgan fingerprint density at radius 3 is 2.38 bits per heavy atom. The van der Waals surface area contributed by atoms with Crippen molar-refractivity contribution in [2.75, 3.05) is 32.9 Å². The Bertz CT molecular complexity index is 516. The molecule has 1 aromatic carbocycles. The van der Waals surface area contributed by atoms with Crippen LogP contribution in [0.15, 0.2) is 30.3 Å². The van der Waals surface area contributed by atoms with Crippen LogP contribution in [0.2, 0.25) is 0 Å². The van der Waals surface area contributed by atoms with Crippen molar-refractivity contribution in [2.45, 2.75) is 45.3 Å². The highest BCUT2D eigenvalue weighted by atomic mass is 16.5. The third kappa shape index (κ3) is 5.34. The average Bonchev–Trinajstić information content (AvgIpc) is 3.12. The summed E-state index contributed by atoms with van der Waals surface area (Å²) in [5.74, 6) is 3.38. The molecule has 2 atom stereocenters. The van der Waals surface area contributed by atoms with Crippen LogP contribution in [-0.2, 0) is 15.1 Å². The van der Waals surface area contributed by atoms with Gasteiger partial charge in [-0.15, -0.1) is 6.42 Å². The van der Waals surface area contributed by atoms with Gasteiger partial charge in [-0.05, 0) is 44.3 Å². The van der Waals surface area contributed by atoms with E-state index in [0.29, 0.717) is 19.1 Å². The lowest BCUT2D eigenvalue weighted by Crippen LogP contribution is -2.42. The number of rotatable bonds is 9. The van der Waals surface area contributed by atoms with Gasteiger partial charge >= 0.3 is 0 Å².